The van der Waals surface area contributed by atoms with Crippen molar-refractivity contribution in [2.45, 2.75) is 32.7 Å². The Morgan fingerprint density at radius 2 is 1.94 bits per heavy atom. The molecule has 2 atom stereocenters. The van der Waals surface area contributed by atoms with E-state index in [-0.39, 0.29) is 0 Å². The summed E-state index contributed by atoms with van der Waals surface area (Å²) < 4.78 is 26.1. The molecule has 90 valence electrons. The fraction of sp³-hybridized carbons (Fsp3) is 0.538. The first-order valence-electron chi connectivity index (χ1n) is 5.64. The van der Waals surface area contributed by atoms with Crippen LogP contribution >= 0.6 is 0 Å². The van der Waals surface area contributed by atoms with Crippen molar-refractivity contribution >= 4 is 0 Å². The zero-order valence-corrected chi connectivity index (χ0v) is 10.1. The third-order valence-electron chi connectivity index (χ3n) is 2.83. The topological polar surface area (TPSA) is 12.0 Å². The highest BCUT2D eigenvalue weighted by Gasteiger charge is 2.11. The Morgan fingerprint density at radius 1 is 1.25 bits per heavy atom. The number of rotatable bonds is 5. The predicted molar refractivity (Wildman–Crippen MR) is 62.4 cm³/mol. The summed E-state index contributed by atoms with van der Waals surface area (Å²) in [5.74, 6) is -0.580. The molecule has 16 heavy (non-hydrogen) atoms. The second kappa shape index (κ2) is 5.94. The van der Waals surface area contributed by atoms with Crippen molar-refractivity contribution < 1.29 is 8.78 Å². The van der Waals surface area contributed by atoms with E-state index in [0.717, 1.165) is 12.5 Å². The van der Waals surface area contributed by atoms with Crippen LogP contribution < -0.4 is 5.32 Å². The van der Waals surface area contributed by atoms with Crippen molar-refractivity contribution in [2.75, 3.05) is 7.05 Å². The van der Waals surface area contributed by atoms with Crippen LogP contribution in [0.25, 0.3) is 0 Å². The van der Waals surface area contributed by atoms with Crippen LogP contribution in [0.3, 0.4) is 0 Å². The van der Waals surface area contributed by atoms with Gasteiger partial charge < -0.3 is 5.32 Å². The molecule has 0 radical (unpaired) electrons. The van der Waals surface area contributed by atoms with Crippen molar-refractivity contribution in [2.24, 2.45) is 5.92 Å². The van der Waals surface area contributed by atoms with E-state index in [1.165, 1.54) is 12.1 Å². The Bertz CT molecular complexity index is 339. The molecule has 0 aromatic heterocycles. The van der Waals surface area contributed by atoms with E-state index in [2.05, 4.69) is 19.2 Å². The zero-order valence-electron chi connectivity index (χ0n) is 10.1. The van der Waals surface area contributed by atoms with E-state index < -0.39 is 11.6 Å². The highest BCUT2D eigenvalue weighted by atomic mass is 19.1. The van der Waals surface area contributed by atoms with Gasteiger partial charge in [0.1, 0.15) is 11.6 Å². The average molecular weight is 227 g/mol. The highest BCUT2D eigenvalue weighted by molar-refractivity contribution is 5.19. The molecule has 0 spiro atoms. The highest BCUT2D eigenvalue weighted by Crippen LogP contribution is 2.17. The predicted octanol–water partition coefficient (Wildman–Crippen LogP) is 3.14. The van der Waals surface area contributed by atoms with E-state index in [9.17, 15) is 8.78 Å². The number of benzene rings is 1. The lowest BCUT2D eigenvalue weighted by Crippen LogP contribution is -2.24. The van der Waals surface area contributed by atoms with Gasteiger partial charge in [-0.05, 0) is 44.4 Å². The standard InChI is InChI=1S/C13H19F2N/c1-9(6-10(2)16-3)7-11-4-5-12(14)8-13(11)15/h4-5,8-10,16H,6-7H2,1-3H3. The zero-order chi connectivity index (χ0) is 12.1. The number of hydrogen-bond donors (Lipinski definition) is 1. The summed E-state index contributed by atoms with van der Waals surface area (Å²) in [6.07, 6.45) is 1.63. The van der Waals surface area contributed by atoms with Crippen LogP contribution in [0.15, 0.2) is 18.2 Å². The molecule has 0 bridgehead atoms. The van der Waals surface area contributed by atoms with Crippen molar-refractivity contribution in [3.05, 3.63) is 35.4 Å². The van der Waals surface area contributed by atoms with Gasteiger partial charge in [0.05, 0.1) is 0 Å². The number of nitrogens with one attached hydrogen (secondary N) is 1. The molecule has 3 heteroatoms. The van der Waals surface area contributed by atoms with E-state index >= 15 is 0 Å². The van der Waals surface area contributed by atoms with E-state index in [4.69, 9.17) is 0 Å². The smallest absolute Gasteiger partial charge is 0.129 e. The molecule has 0 saturated carbocycles. The molecule has 1 N–H and O–H groups in total. The molecule has 1 rings (SSSR count). The molecule has 1 aromatic rings. The molecule has 1 aromatic carbocycles. The lowest BCUT2D eigenvalue weighted by molar-refractivity contribution is 0.433. The van der Waals surface area contributed by atoms with Crippen molar-refractivity contribution in [3.8, 4) is 0 Å². The molecule has 2 unspecified atom stereocenters. The normalized spacial score (nSPS) is 14.8. The van der Waals surface area contributed by atoms with Gasteiger partial charge in [-0.1, -0.05) is 13.0 Å². The first-order valence-corrected chi connectivity index (χ1v) is 5.64. The summed E-state index contributed by atoms with van der Waals surface area (Å²) in [7, 11) is 1.91. The van der Waals surface area contributed by atoms with Gasteiger partial charge in [0.25, 0.3) is 0 Å². The maximum atomic E-state index is 13.4. The van der Waals surface area contributed by atoms with Crippen LogP contribution in [0, 0.1) is 17.6 Å². The summed E-state index contributed by atoms with van der Waals surface area (Å²) in [6.45, 7) is 4.17. The fourth-order valence-corrected chi connectivity index (χ4v) is 1.87. The second-order valence-corrected chi connectivity index (χ2v) is 4.47. The fourth-order valence-electron chi connectivity index (χ4n) is 1.87. The first-order chi connectivity index (χ1) is 7.52. The molecular formula is C13H19F2N. The van der Waals surface area contributed by atoms with Gasteiger partial charge in [0.2, 0.25) is 0 Å². The van der Waals surface area contributed by atoms with Crippen molar-refractivity contribution in [1.29, 1.82) is 0 Å². The minimum Gasteiger partial charge on any atom is -0.317 e. The maximum absolute atomic E-state index is 13.4. The summed E-state index contributed by atoms with van der Waals surface area (Å²) in [5.41, 5.74) is 0.595. The largest absolute Gasteiger partial charge is 0.317 e. The van der Waals surface area contributed by atoms with Gasteiger partial charge in [-0.15, -0.1) is 0 Å². The Kier molecular flexibility index (Phi) is 4.87. The Hall–Kier alpha value is -0.960. The second-order valence-electron chi connectivity index (χ2n) is 4.47. The molecule has 0 heterocycles. The van der Waals surface area contributed by atoms with E-state index in [0.29, 0.717) is 23.9 Å². The maximum Gasteiger partial charge on any atom is 0.129 e. The van der Waals surface area contributed by atoms with Crippen LogP contribution in [0.5, 0.6) is 0 Å². The van der Waals surface area contributed by atoms with Gasteiger partial charge >= 0.3 is 0 Å². The van der Waals surface area contributed by atoms with Gasteiger partial charge in [0.15, 0.2) is 0 Å². The Balaban J connectivity index is 2.59. The first kappa shape index (κ1) is 13.1. The Morgan fingerprint density at radius 3 is 2.50 bits per heavy atom. The van der Waals surface area contributed by atoms with E-state index in [1.807, 2.05) is 7.05 Å². The summed E-state index contributed by atoms with van der Waals surface area (Å²) in [6, 6.07) is 4.21. The number of hydrogen-bond acceptors (Lipinski definition) is 1. The molecule has 0 fully saturated rings. The quantitative estimate of drug-likeness (QED) is 0.814. The molecule has 0 aliphatic heterocycles. The third-order valence-corrected chi connectivity index (χ3v) is 2.83. The molecular weight excluding hydrogens is 208 g/mol. The molecule has 0 amide bonds. The third kappa shape index (κ3) is 3.89. The minimum absolute atomic E-state index is 0.377. The molecule has 0 aliphatic rings. The summed E-state index contributed by atoms with van der Waals surface area (Å²) in [5, 5.41) is 3.15. The minimum atomic E-state index is -0.516. The van der Waals surface area contributed by atoms with Crippen LogP contribution in [0.1, 0.15) is 25.8 Å². The molecule has 1 nitrogen and oxygen atoms in total. The van der Waals surface area contributed by atoms with Gasteiger partial charge in [-0.25, -0.2) is 8.78 Å². The summed E-state index contributed by atoms with van der Waals surface area (Å²) in [4.78, 5) is 0. The van der Waals surface area contributed by atoms with Crippen LogP contribution in [-0.4, -0.2) is 13.1 Å². The van der Waals surface area contributed by atoms with E-state index in [1.54, 1.807) is 0 Å². The van der Waals surface area contributed by atoms with Crippen LogP contribution in [0.4, 0.5) is 8.78 Å². The monoisotopic (exact) mass is 227 g/mol. The molecule has 0 aliphatic carbocycles. The number of halogens is 2. The SMILES string of the molecule is CNC(C)CC(C)Cc1ccc(F)cc1F. The molecule has 0 saturated heterocycles. The van der Waals surface area contributed by atoms with Crippen molar-refractivity contribution in [3.63, 3.8) is 0 Å². The van der Waals surface area contributed by atoms with Crippen LogP contribution in [0.2, 0.25) is 0 Å². The summed E-state index contributed by atoms with van der Waals surface area (Å²) >= 11 is 0. The Labute approximate surface area is 95.9 Å². The van der Waals surface area contributed by atoms with Gasteiger partial charge in [0, 0.05) is 12.1 Å². The van der Waals surface area contributed by atoms with Gasteiger partial charge in [-0.3, -0.25) is 0 Å². The lowest BCUT2D eigenvalue weighted by atomic mass is 9.95. The lowest BCUT2D eigenvalue weighted by Gasteiger charge is -2.16. The van der Waals surface area contributed by atoms with Crippen LogP contribution in [-0.2, 0) is 6.42 Å². The average Bonchev–Trinajstić information content (AvgIpc) is 2.22. The van der Waals surface area contributed by atoms with Crippen molar-refractivity contribution in [1.82, 2.24) is 5.32 Å². The van der Waals surface area contributed by atoms with Gasteiger partial charge in [-0.2, -0.15) is 0 Å².